The van der Waals surface area contributed by atoms with Crippen molar-refractivity contribution in [3.63, 3.8) is 0 Å². The lowest BCUT2D eigenvalue weighted by molar-refractivity contribution is 0.232. The highest BCUT2D eigenvalue weighted by atomic mass is 32.2. The van der Waals surface area contributed by atoms with Crippen LogP contribution in [0, 0.1) is 0 Å². The molecule has 0 aromatic heterocycles. The third-order valence-electron chi connectivity index (χ3n) is 5.21. The summed E-state index contributed by atoms with van der Waals surface area (Å²) in [5, 5.41) is 5.12. The molecule has 0 bridgehead atoms. The maximum Gasteiger partial charge on any atom is 0.319 e. The number of urea groups is 1. The molecule has 1 heterocycles. The number of fused-ring (bicyclic) bond motifs is 1. The summed E-state index contributed by atoms with van der Waals surface area (Å²) < 4.78 is 41.1. The maximum absolute atomic E-state index is 12.9. The van der Waals surface area contributed by atoms with Gasteiger partial charge in [0.05, 0.1) is 10.4 Å². The minimum absolute atomic E-state index is 0.222. The normalized spacial score (nSPS) is 14.6. The van der Waals surface area contributed by atoms with E-state index in [9.17, 15) is 17.6 Å². The minimum atomic E-state index is -3.74. The van der Waals surface area contributed by atoms with Gasteiger partial charge in [0, 0.05) is 24.5 Å². The fourth-order valence-corrected chi connectivity index (χ4v) is 4.48. The van der Waals surface area contributed by atoms with Crippen LogP contribution in [0.15, 0.2) is 47.4 Å². The van der Waals surface area contributed by atoms with Gasteiger partial charge in [-0.05, 0) is 74.3 Å². The largest absolute Gasteiger partial charge is 0.330 e. The first kappa shape index (κ1) is 23.0. The Balaban J connectivity index is 1.67. The molecule has 9 heteroatoms. The number of anilines is 2. The van der Waals surface area contributed by atoms with Crippen molar-refractivity contribution in [2.75, 3.05) is 29.8 Å². The van der Waals surface area contributed by atoms with E-state index in [1.165, 1.54) is 5.56 Å². The SMILES string of the molecule is CCN1CCc2ccc(S(=O)(=O)Nc3ccc(NC(=O)NC(C)(C)CF)cc3)cc2C1. The Kier molecular flexibility index (Phi) is 6.86. The van der Waals surface area contributed by atoms with Crippen molar-refractivity contribution in [3.8, 4) is 0 Å². The summed E-state index contributed by atoms with van der Waals surface area (Å²) in [5.41, 5.74) is 2.10. The van der Waals surface area contributed by atoms with Gasteiger partial charge in [-0.2, -0.15) is 0 Å². The van der Waals surface area contributed by atoms with E-state index in [4.69, 9.17) is 0 Å². The number of nitrogens with zero attached hydrogens (tertiary/aromatic N) is 1. The van der Waals surface area contributed by atoms with Crippen LogP contribution < -0.4 is 15.4 Å². The molecule has 168 valence electrons. The number of hydrogen-bond donors (Lipinski definition) is 3. The summed E-state index contributed by atoms with van der Waals surface area (Å²) in [6, 6.07) is 11.0. The van der Waals surface area contributed by atoms with Gasteiger partial charge in [0.2, 0.25) is 0 Å². The van der Waals surface area contributed by atoms with Crippen molar-refractivity contribution < 1.29 is 17.6 Å². The Labute approximate surface area is 183 Å². The number of carbonyl (C=O) groups excluding carboxylic acids is 1. The number of benzene rings is 2. The first-order chi connectivity index (χ1) is 14.6. The fraction of sp³-hybridized carbons (Fsp3) is 0.409. The molecule has 0 radical (unpaired) electrons. The van der Waals surface area contributed by atoms with Crippen molar-refractivity contribution >= 4 is 27.4 Å². The summed E-state index contributed by atoms with van der Waals surface area (Å²) in [6.07, 6.45) is 0.918. The number of alkyl halides is 1. The molecule has 3 N–H and O–H groups in total. The van der Waals surface area contributed by atoms with Gasteiger partial charge in [0.25, 0.3) is 10.0 Å². The van der Waals surface area contributed by atoms with E-state index >= 15 is 0 Å². The van der Waals surface area contributed by atoms with E-state index in [1.807, 2.05) is 6.07 Å². The van der Waals surface area contributed by atoms with Gasteiger partial charge >= 0.3 is 6.03 Å². The van der Waals surface area contributed by atoms with Crippen LogP contribution in [0.1, 0.15) is 31.9 Å². The molecule has 0 atom stereocenters. The maximum atomic E-state index is 12.9. The lowest BCUT2D eigenvalue weighted by Crippen LogP contribution is -2.47. The van der Waals surface area contributed by atoms with Crippen molar-refractivity contribution in [1.29, 1.82) is 0 Å². The van der Waals surface area contributed by atoms with E-state index in [0.717, 1.165) is 31.6 Å². The molecule has 0 aliphatic carbocycles. The second-order valence-electron chi connectivity index (χ2n) is 8.33. The first-order valence-corrected chi connectivity index (χ1v) is 11.7. The van der Waals surface area contributed by atoms with Crippen LogP contribution >= 0.6 is 0 Å². The third kappa shape index (κ3) is 5.95. The highest BCUT2D eigenvalue weighted by Crippen LogP contribution is 2.24. The molecule has 2 aromatic rings. The van der Waals surface area contributed by atoms with Crippen LogP contribution in [0.5, 0.6) is 0 Å². The fourth-order valence-electron chi connectivity index (χ4n) is 3.37. The van der Waals surface area contributed by atoms with Gasteiger partial charge < -0.3 is 10.6 Å². The number of rotatable bonds is 7. The molecule has 7 nitrogen and oxygen atoms in total. The molecule has 0 saturated heterocycles. The standard InChI is InChI=1S/C22H29FN4O3S/c1-4-27-12-11-16-5-10-20(13-17(16)14-27)31(29,30)26-19-8-6-18(7-9-19)24-21(28)25-22(2,3)15-23/h5-10,13,26H,4,11-12,14-15H2,1-3H3,(H2,24,25,28). The van der Waals surface area contributed by atoms with Crippen molar-refractivity contribution in [1.82, 2.24) is 10.2 Å². The zero-order valence-electron chi connectivity index (χ0n) is 18.0. The summed E-state index contributed by atoms with van der Waals surface area (Å²) in [6.45, 7) is 7.21. The minimum Gasteiger partial charge on any atom is -0.330 e. The highest BCUT2D eigenvalue weighted by molar-refractivity contribution is 7.92. The van der Waals surface area contributed by atoms with Crippen molar-refractivity contribution in [2.24, 2.45) is 0 Å². The van der Waals surface area contributed by atoms with E-state index in [2.05, 4.69) is 27.2 Å². The Morgan fingerprint density at radius 3 is 2.42 bits per heavy atom. The first-order valence-electron chi connectivity index (χ1n) is 10.2. The molecular weight excluding hydrogens is 419 g/mol. The van der Waals surface area contributed by atoms with Crippen LogP contribution in [-0.4, -0.2) is 44.7 Å². The summed E-state index contributed by atoms with van der Waals surface area (Å²) in [4.78, 5) is 14.4. The smallest absolute Gasteiger partial charge is 0.319 e. The molecule has 3 rings (SSSR count). The molecule has 2 aromatic carbocycles. The molecule has 2 amide bonds. The second-order valence-corrected chi connectivity index (χ2v) is 10.0. The number of sulfonamides is 1. The number of halogens is 1. The second kappa shape index (κ2) is 9.23. The predicted octanol–water partition coefficient (Wildman–Crippen LogP) is 3.74. The van der Waals surface area contributed by atoms with Gasteiger partial charge in [-0.15, -0.1) is 0 Å². The van der Waals surface area contributed by atoms with E-state index in [1.54, 1.807) is 50.2 Å². The molecule has 0 fully saturated rings. The van der Waals surface area contributed by atoms with Crippen molar-refractivity contribution in [2.45, 2.75) is 44.2 Å². The van der Waals surface area contributed by atoms with Crippen LogP contribution in [0.2, 0.25) is 0 Å². The Bertz CT molecular complexity index is 1040. The quantitative estimate of drug-likeness (QED) is 0.602. The Hall–Kier alpha value is -2.65. The molecule has 31 heavy (non-hydrogen) atoms. The van der Waals surface area contributed by atoms with Crippen molar-refractivity contribution in [3.05, 3.63) is 53.6 Å². The highest BCUT2D eigenvalue weighted by Gasteiger charge is 2.21. The predicted molar refractivity (Wildman–Crippen MR) is 121 cm³/mol. The summed E-state index contributed by atoms with van der Waals surface area (Å²) >= 11 is 0. The van der Waals surface area contributed by atoms with Crippen LogP contribution in [0.25, 0.3) is 0 Å². The summed E-state index contributed by atoms with van der Waals surface area (Å²) in [5.74, 6) is 0. The molecule has 1 aliphatic heterocycles. The van der Waals surface area contributed by atoms with Crippen LogP contribution in [-0.2, 0) is 23.0 Å². The van der Waals surface area contributed by atoms with Crippen LogP contribution in [0.4, 0.5) is 20.6 Å². The Morgan fingerprint density at radius 2 is 1.77 bits per heavy atom. The number of amides is 2. The third-order valence-corrected chi connectivity index (χ3v) is 6.59. The molecular formula is C22H29FN4O3S. The van der Waals surface area contributed by atoms with Gasteiger partial charge in [-0.1, -0.05) is 13.0 Å². The number of nitrogens with one attached hydrogen (secondary N) is 3. The van der Waals surface area contributed by atoms with Gasteiger partial charge in [0.1, 0.15) is 6.67 Å². The van der Waals surface area contributed by atoms with Gasteiger partial charge in [0.15, 0.2) is 0 Å². The van der Waals surface area contributed by atoms with Gasteiger partial charge in [-0.3, -0.25) is 9.62 Å². The summed E-state index contributed by atoms with van der Waals surface area (Å²) in [7, 11) is -3.74. The Morgan fingerprint density at radius 1 is 1.10 bits per heavy atom. The lowest BCUT2D eigenvalue weighted by Gasteiger charge is -2.27. The topological polar surface area (TPSA) is 90.5 Å². The zero-order valence-corrected chi connectivity index (χ0v) is 18.9. The average molecular weight is 449 g/mol. The molecule has 0 spiro atoms. The lowest BCUT2D eigenvalue weighted by atomic mass is 10.00. The van der Waals surface area contributed by atoms with Gasteiger partial charge in [-0.25, -0.2) is 17.6 Å². The monoisotopic (exact) mass is 448 g/mol. The van der Waals surface area contributed by atoms with E-state index in [-0.39, 0.29) is 4.90 Å². The zero-order chi connectivity index (χ0) is 22.6. The molecule has 0 saturated carbocycles. The van der Waals surface area contributed by atoms with Crippen LogP contribution in [0.3, 0.4) is 0 Å². The number of carbonyl (C=O) groups is 1. The van der Waals surface area contributed by atoms with E-state index < -0.39 is 28.3 Å². The average Bonchev–Trinajstić information content (AvgIpc) is 2.73. The molecule has 0 unspecified atom stereocenters. The number of hydrogen-bond acceptors (Lipinski definition) is 4. The molecule has 1 aliphatic rings. The van der Waals surface area contributed by atoms with E-state index in [0.29, 0.717) is 11.4 Å². The number of likely N-dealkylation sites (N-methyl/N-ethyl adjacent to an activating group) is 1.